The minimum absolute atomic E-state index is 0.00342. The quantitative estimate of drug-likeness (QED) is 0.868. The molecule has 3 rings (SSSR count). The number of nitrogens with zero attached hydrogens (tertiary/aromatic N) is 2. The summed E-state index contributed by atoms with van der Waals surface area (Å²) < 4.78 is 0. The second-order valence-corrected chi connectivity index (χ2v) is 6.21. The average Bonchev–Trinajstić information content (AvgIpc) is 3.05. The highest BCUT2D eigenvalue weighted by molar-refractivity contribution is 5.75. The molecule has 1 aromatic rings. The van der Waals surface area contributed by atoms with Crippen molar-refractivity contribution in [3.05, 3.63) is 35.9 Å². The molecule has 5 nitrogen and oxygen atoms in total. The van der Waals surface area contributed by atoms with Crippen LogP contribution in [0.15, 0.2) is 30.3 Å². The molecule has 1 saturated heterocycles. The first-order valence-corrected chi connectivity index (χ1v) is 8.05. The summed E-state index contributed by atoms with van der Waals surface area (Å²) in [5, 5.41) is 3.29. The Morgan fingerprint density at radius 1 is 1.05 bits per heavy atom. The van der Waals surface area contributed by atoms with Crippen molar-refractivity contribution in [1.29, 1.82) is 0 Å². The summed E-state index contributed by atoms with van der Waals surface area (Å²) in [5.41, 5.74) is 0.979. The lowest BCUT2D eigenvalue weighted by Gasteiger charge is -2.37. The Morgan fingerprint density at radius 3 is 2.27 bits per heavy atom. The van der Waals surface area contributed by atoms with Gasteiger partial charge >= 0.3 is 6.03 Å². The molecular weight excluding hydrogens is 278 g/mol. The van der Waals surface area contributed by atoms with Gasteiger partial charge in [0.2, 0.25) is 6.41 Å². The first-order chi connectivity index (χ1) is 10.7. The van der Waals surface area contributed by atoms with Crippen LogP contribution in [-0.2, 0) is 10.3 Å². The zero-order valence-electron chi connectivity index (χ0n) is 12.8. The molecule has 0 aromatic heterocycles. The Balaban J connectivity index is 1.69. The van der Waals surface area contributed by atoms with Gasteiger partial charge in [0.1, 0.15) is 0 Å². The molecular formula is C17H23N3O2. The van der Waals surface area contributed by atoms with E-state index in [0.29, 0.717) is 26.2 Å². The maximum Gasteiger partial charge on any atom is 0.318 e. The van der Waals surface area contributed by atoms with Crippen LogP contribution < -0.4 is 5.32 Å². The van der Waals surface area contributed by atoms with Crippen molar-refractivity contribution in [2.45, 2.75) is 31.2 Å². The van der Waals surface area contributed by atoms with Gasteiger partial charge in [-0.15, -0.1) is 0 Å². The van der Waals surface area contributed by atoms with E-state index in [2.05, 4.69) is 17.4 Å². The molecule has 1 saturated carbocycles. The fourth-order valence-electron chi connectivity index (χ4n) is 3.54. The van der Waals surface area contributed by atoms with Crippen LogP contribution in [0.5, 0.6) is 0 Å². The lowest BCUT2D eigenvalue weighted by atomic mass is 9.88. The minimum Gasteiger partial charge on any atom is -0.342 e. The van der Waals surface area contributed by atoms with Crippen LogP contribution in [0.1, 0.15) is 31.2 Å². The molecule has 2 aliphatic rings. The van der Waals surface area contributed by atoms with Crippen LogP contribution in [0, 0.1) is 0 Å². The fraction of sp³-hybridized carbons (Fsp3) is 0.529. The summed E-state index contributed by atoms with van der Waals surface area (Å²) in [6.45, 7) is 2.45. The minimum atomic E-state index is -0.222. The molecule has 0 bridgehead atoms. The predicted molar refractivity (Wildman–Crippen MR) is 84.3 cm³/mol. The number of hydrogen-bond donors (Lipinski definition) is 1. The smallest absolute Gasteiger partial charge is 0.318 e. The van der Waals surface area contributed by atoms with E-state index in [9.17, 15) is 9.59 Å². The fourth-order valence-corrected chi connectivity index (χ4v) is 3.54. The summed E-state index contributed by atoms with van der Waals surface area (Å²) in [5.74, 6) is 0. The molecule has 22 heavy (non-hydrogen) atoms. The average molecular weight is 301 g/mol. The Hall–Kier alpha value is -2.04. The molecule has 1 heterocycles. The molecule has 1 N–H and O–H groups in total. The number of urea groups is 1. The Labute approximate surface area is 131 Å². The number of nitrogens with one attached hydrogen (secondary N) is 1. The molecule has 0 unspecified atom stereocenters. The van der Waals surface area contributed by atoms with Crippen LogP contribution in [0.4, 0.5) is 4.79 Å². The van der Waals surface area contributed by atoms with Gasteiger partial charge in [0.25, 0.3) is 0 Å². The molecule has 118 valence electrons. The monoisotopic (exact) mass is 301 g/mol. The zero-order valence-corrected chi connectivity index (χ0v) is 12.8. The van der Waals surface area contributed by atoms with Crippen molar-refractivity contribution in [3.8, 4) is 0 Å². The van der Waals surface area contributed by atoms with Crippen molar-refractivity contribution in [2.75, 3.05) is 26.2 Å². The van der Waals surface area contributed by atoms with Gasteiger partial charge in [0.15, 0.2) is 0 Å². The standard InChI is InChI=1S/C17H23N3O2/c21-14-19-10-12-20(13-11-19)16(22)18-17(8-4-5-9-17)15-6-2-1-3-7-15/h1-3,6-7,14H,4-5,8-13H2,(H,18,22). The van der Waals surface area contributed by atoms with Gasteiger partial charge in [0.05, 0.1) is 5.54 Å². The van der Waals surface area contributed by atoms with Crippen molar-refractivity contribution >= 4 is 12.4 Å². The SMILES string of the molecule is O=CN1CCN(C(=O)NC2(c3ccccc3)CCCC2)CC1. The third-order valence-electron chi connectivity index (χ3n) is 4.88. The van der Waals surface area contributed by atoms with E-state index in [1.807, 2.05) is 23.1 Å². The normalized spacial score (nSPS) is 20.7. The maximum atomic E-state index is 12.6. The van der Waals surface area contributed by atoms with Gasteiger partial charge in [-0.25, -0.2) is 4.79 Å². The number of piperazine rings is 1. The van der Waals surface area contributed by atoms with Gasteiger partial charge in [0, 0.05) is 26.2 Å². The summed E-state index contributed by atoms with van der Waals surface area (Å²) >= 11 is 0. The van der Waals surface area contributed by atoms with E-state index in [4.69, 9.17) is 0 Å². The zero-order chi connectivity index (χ0) is 15.4. The molecule has 1 aliphatic carbocycles. The molecule has 3 amide bonds. The molecule has 0 radical (unpaired) electrons. The lowest BCUT2D eigenvalue weighted by Crippen LogP contribution is -2.55. The number of hydrogen-bond acceptors (Lipinski definition) is 2. The van der Waals surface area contributed by atoms with E-state index >= 15 is 0 Å². The van der Waals surface area contributed by atoms with Gasteiger partial charge in [-0.2, -0.15) is 0 Å². The van der Waals surface area contributed by atoms with Crippen molar-refractivity contribution in [3.63, 3.8) is 0 Å². The van der Waals surface area contributed by atoms with Crippen molar-refractivity contribution in [1.82, 2.24) is 15.1 Å². The molecule has 1 aromatic carbocycles. The largest absolute Gasteiger partial charge is 0.342 e. The van der Waals surface area contributed by atoms with E-state index in [-0.39, 0.29) is 11.6 Å². The Morgan fingerprint density at radius 2 is 1.68 bits per heavy atom. The highest BCUT2D eigenvalue weighted by Crippen LogP contribution is 2.38. The summed E-state index contributed by atoms with van der Waals surface area (Å²) in [6.07, 6.45) is 5.15. The number of carbonyl (C=O) groups excluding carboxylic acids is 2. The third-order valence-corrected chi connectivity index (χ3v) is 4.88. The van der Waals surface area contributed by atoms with E-state index < -0.39 is 0 Å². The number of rotatable bonds is 3. The van der Waals surface area contributed by atoms with E-state index in [1.54, 1.807) is 4.90 Å². The molecule has 1 aliphatic heterocycles. The number of carbonyl (C=O) groups is 2. The molecule has 2 fully saturated rings. The lowest BCUT2D eigenvalue weighted by molar-refractivity contribution is -0.119. The van der Waals surface area contributed by atoms with Crippen LogP contribution in [0.3, 0.4) is 0 Å². The van der Waals surface area contributed by atoms with Gasteiger partial charge < -0.3 is 15.1 Å². The van der Waals surface area contributed by atoms with Crippen LogP contribution in [-0.4, -0.2) is 48.4 Å². The second kappa shape index (κ2) is 6.38. The van der Waals surface area contributed by atoms with E-state index in [0.717, 1.165) is 32.1 Å². The Bertz CT molecular complexity index is 518. The van der Waals surface area contributed by atoms with Gasteiger partial charge in [-0.05, 0) is 18.4 Å². The van der Waals surface area contributed by atoms with Gasteiger partial charge in [-0.1, -0.05) is 43.2 Å². The number of amides is 3. The van der Waals surface area contributed by atoms with Gasteiger partial charge in [-0.3, -0.25) is 4.79 Å². The number of benzene rings is 1. The highest BCUT2D eigenvalue weighted by atomic mass is 16.2. The first-order valence-electron chi connectivity index (χ1n) is 8.05. The molecule has 5 heteroatoms. The van der Waals surface area contributed by atoms with Crippen LogP contribution >= 0.6 is 0 Å². The molecule has 0 spiro atoms. The highest BCUT2D eigenvalue weighted by Gasteiger charge is 2.38. The second-order valence-electron chi connectivity index (χ2n) is 6.21. The summed E-state index contributed by atoms with van der Waals surface area (Å²) in [7, 11) is 0. The van der Waals surface area contributed by atoms with Crippen molar-refractivity contribution < 1.29 is 9.59 Å². The van der Waals surface area contributed by atoms with Crippen molar-refractivity contribution in [2.24, 2.45) is 0 Å². The van der Waals surface area contributed by atoms with E-state index in [1.165, 1.54) is 5.56 Å². The Kier molecular flexibility index (Phi) is 4.32. The third kappa shape index (κ3) is 2.93. The van der Waals surface area contributed by atoms with Crippen LogP contribution in [0.25, 0.3) is 0 Å². The molecule has 0 atom stereocenters. The first kappa shape index (κ1) is 14.9. The summed E-state index contributed by atoms with van der Waals surface area (Å²) in [6, 6.07) is 10.3. The predicted octanol–water partition coefficient (Wildman–Crippen LogP) is 1.94. The topological polar surface area (TPSA) is 52.7 Å². The maximum absolute atomic E-state index is 12.6. The van der Waals surface area contributed by atoms with Crippen LogP contribution in [0.2, 0.25) is 0 Å². The summed E-state index contributed by atoms with van der Waals surface area (Å²) in [4.78, 5) is 26.9.